The number of hydrogen-bond acceptors (Lipinski definition) is 3. The van der Waals surface area contributed by atoms with E-state index in [9.17, 15) is 14.7 Å². The second-order valence-corrected chi connectivity index (χ2v) is 7.01. The number of carbonyl (C=O) groups excluding carboxylic acids is 1. The van der Waals surface area contributed by atoms with Gasteiger partial charge in [-0.3, -0.25) is 9.59 Å². The molecular weight excluding hydrogens is 282 g/mol. The van der Waals surface area contributed by atoms with Crippen molar-refractivity contribution in [1.82, 2.24) is 4.90 Å². The average Bonchev–Trinajstić information content (AvgIpc) is 3.04. The van der Waals surface area contributed by atoms with Gasteiger partial charge in [0.15, 0.2) is 0 Å². The summed E-state index contributed by atoms with van der Waals surface area (Å²) < 4.78 is 5.60. The lowest BCUT2D eigenvalue weighted by atomic mass is 9.71. The Morgan fingerprint density at radius 3 is 2.64 bits per heavy atom. The van der Waals surface area contributed by atoms with E-state index < -0.39 is 5.97 Å². The van der Waals surface area contributed by atoms with E-state index in [2.05, 4.69) is 0 Å². The van der Waals surface area contributed by atoms with Crippen LogP contribution in [0.1, 0.15) is 57.8 Å². The van der Waals surface area contributed by atoms with Crippen molar-refractivity contribution < 1.29 is 19.4 Å². The van der Waals surface area contributed by atoms with Crippen molar-refractivity contribution in [2.24, 2.45) is 11.8 Å². The summed E-state index contributed by atoms with van der Waals surface area (Å²) in [7, 11) is 0. The Morgan fingerprint density at radius 1 is 1.09 bits per heavy atom. The van der Waals surface area contributed by atoms with Gasteiger partial charge in [-0.25, -0.2) is 0 Å². The Balaban J connectivity index is 1.60. The van der Waals surface area contributed by atoms with E-state index in [-0.39, 0.29) is 29.9 Å². The normalized spacial score (nSPS) is 35.2. The molecule has 0 aromatic carbocycles. The monoisotopic (exact) mass is 309 g/mol. The molecule has 0 radical (unpaired) electrons. The second kappa shape index (κ2) is 6.99. The van der Waals surface area contributed by atoms with Crippen LogP contribution in [0.15, 0.2) is 0 Å². The van der Waals surface area contributed by atoms with Crippen molar-refractivity contribution in [2.75, 3.05) is 13.2 Å². The maximum atomic E-state index is 12.6. The van der Waals surface area contributed by atoms with Crippen LogP contribution in [0, 0.1) is 11.8 Å². The number of aliphatic carboxylic acids is 1. The van der Waals surface area contributed by atoms with Crippen molar-refractivity contribution in [2.45, 2.75) is 69.9 Å². The third kappa shape index (κ3) is 3.29. The highest BCUT2D eigenvalue weighted by Gasteiger charge is 2.43. The van der Waals surface area contributed by atoms with E-state index in [0.29, 0.717) is 19.4 Å². The SMILES string of the molecule is O=C(O)C1CCN(C(=O)CCC2CCCO2)C2CCCCC12. The van der Waals surface area contributed by atoms with Gasteiger partial charge >= 0.3 is 5.97 Å². The Morgan fingerprint density at radius 2 is 1.91 bits per heavy atom. The second-order valence-electron chi connectivity index (χ2n) is 7.01. The van der Waals surface area contributed by atoms with Gasteiger partial charge in [0.1, 0.15) is 0 Å². The van der Waals surface area contributed by atoms with Crippen LogP contribution in [-0.2, 0) is 14.3 Å². The molecule has 2 heterocycles. The molecule has 1 aliphatic carbocycles. The molecule has 3 fully saturated rings. The van der Waals surface area contributed by atoms with Gasteiger partial charge in [-0.2, -0.15) is 0 Å². The molecule has 1 N–H and O–H groups in total. The van der Waals surface area contributed by atoms with Gasteiger partial charge in [0.25, 0.3) is 0 Å². The van der Waals surface area contributed by atoms with Crippen molar-refractivity contribution in [3.63, 3.8) is 0 Å². The number of nitrogens with zero attached hydrogens (tertiary/aromatic N) is 1. The van der Waals surface area contributed by atoms with Crippen molar-refractivity contribution in [1.29, 1.82) is 0 Å². The number of piperidine rings is 1. The lowest BCUT2D eigenvalue weighted by molar-refractivity contribution is -0.153. The summed E-state index contributed by atoms with van der Waals surface area (Å²) in [4.78, 5) is 26.1. The van der Waals surface area contributed by atoms with E-state index in [4.69, 9.17) is 4.74 Å². The third-order valence-electron chi connectivity index (χ3n) is 5.72. The summed E-state index contributed by atoms with van der Waals surface area (Å²) in [6.07, 6.45) is 8.54. The van der Waals surface area contributed by atoms with Crippen LogP contribution in [0.4, 0.5) is 0 Å². The number of likely N-dealkylation sites (tertiary alicyclic amines) is 1. The average molecular weight is 309 g/mol. The Bertz CT molecular complexity index is 419. The van der Waals surface area contributed by atoms with E-state index in [1.807, 2.05) is 4.90 Å². The molecule has 5 heteroatoms. The number of ether oxygens (including phenoxy) is 1. The van der Waals surface area contributed by atoms with Gasteiger partial charge < -0.3 is 14.7 Å². The van der Waals surface area contributed by atoms with Gasteiger partial charge in [-0.15, -0.1) is 0 Å². The Labute approximate surface area is 132 Å². The Kier molecular flexibility index (Phi) is 5.01. The highest BCUT2D eigenvalue weighted by atomic mass is 16.5. The Hall–Kier alpha value is -1.10. The minimum atomic E-state index is -0.677. The molecule has 1 saturated carbocycles. The van der Waals surface area contributed by atoms with Crippen LogP contribution in [0.5, 0.6) is 0 Å². The van der Waals surface area contributed by atoms with Crippen LogP contribution in [0.3, 0.4) is 0 Å². The molecule has 4 atom stereocenters. The van der Waals surface area contributed by atoms with E-state index in [1.165, 1.54) is 0 Å². The quantitative estimate of drug-likeness (QED) is 0.866. The summed E-state index contributed by atoms with van der Waals surface area (Å²) in [5.74, 6) is -0.571. The summed E-state index contributed by atoms with van der Waals surface area (Å²) in [5.41, 5.74) is 0. The first kappa shape index (κ1) is 15.8. The first-order chi connectivity index (χ1) is 10.7. The fraction of sp³-hybridized carbons (Fsp3) is 0.882. The highest BCUT2D eigenvalue weighted by Crippen LogP contribution is 2.39. The summed E-state index contributed by atoms with van der Waals surface area (Å²) in [5, 5.41) is 9.43. The molecule has 1 amide bonds. The number of carbonyl (C=O) groups is 2. The number of carboxylic acids is 1. The number of fused-ring (bicyclic) bond motifs is 1. The standard InChI is InChI=1S/C17H27NO4/c19-16(8-7-12-4-3-11-22-12)18-10-9-14(17(20)21)13-5-1-2-6-15(13)18/h12-15H,1-11H2,(H,20,21). The molecule has 2 saturated heterocycles. The zero-order valence-electron chi connectivity index (χ0n) is 13.2. The van der Waals surface area contributed by atoms with Crippen LogP contribution in [0.2, 0.25) is 0 Å². The van der Waals surface area contributed by atoms with Gasteiger partial charge in [0.05, 0.1) is 12.0 Å². The first-order valence-electron chi connectivity index (χ1n) is 8.80. The number of amides is 1. The minimum Gasteiger partial charge on any atom is -0.481 e. The number of carboxylic acid groups (broad SMARTS) is 1. The van der Waals surface area contributed by atoms with E-state index in [1.54, 1.807) is 0 Å². The van der Waals surface area contributed by atoms with Crippen molar-refractivity contribution >= 4 is 11.9 Å². The molecule has 0 aromatic rings. The summed E-state index contributed by atoms with van der Waals surface area (Å²) >= 11 is 0. The van der Waals surface area contributed by atoms with Crippen molar-refractivity contribution in [3.05, 3.63) is 0 Å². The maximum Gasteiger partial charge on any atom is 0.306 e. The van der Waals surface area contributed by atoms with Gasteiger partial charge in [0.2, 0.25) is 5.91 Å². The summed E-state index contributed by atoms with van der Waals surface area (Å²) in [6.45, 7) is 1.44. The van der Waals surface area contributed by atoms with E-state index in [0.717, 1.165) is 51.6 Å². The smallest absolute Gasteiger partial charge is 0.306 e. The molecule has 3 rings (SSSR count). The summed E-state index contributed by atoms with van der Waals surface area (Å²) in [6, 6.07) is 0.153. The predicted molar refractivity (Wildman–Crippen MR) is 81.4 cm³/mol. The van der Waals surface area contributed by atoms with Crippen LogP contribution >= 0.6 is 0 Å². The maximum absolute atomic E-state index is 12.6. The van der Waals surface area contributed by atoms with E-state index >= 15 is 0 Å². The first-order valence-corrected chi connectivity index (χ1v) is 8.80. The van der Waals surface area contributed by atoms with Crippen molar-refractivity contribution in [3.8, 4) is 0 Å². The fourth-order valence-corrected chi connectivity index (χ4v) is 4.57. The topological polar surface area (TPSA) is 66.8 Å². The van der Waals surface area contributed by atoms with Crippen LogP contribution in [-0.4, -0.2) is 47.2 Å². The lowest BCUT2D eigenvalue weighted by Gasteiger charge is -2.47. The number of rotatable bonds is 4. The molecule has 124 valence electrons. The van der Waals surface area contributed by atoms with Gasteiger partial charge in [-0.05, 0) is 44.4 Å². The molecule has 0 aromatic heterocycles. The fourth-order valence-electron chi connectivity index (χ4n) is 4.57. The van der Waals surface area contributed by atoms with Crippen LogP contribution in [0.25, 0.3) is 0 Å². The predicted octanol–water partition coefficient (Wildman–Crippen LogP) is 2.44. The van der Waals surface area contributed by atoms with Crippen LogP contribution < -0.4 is 0 Å². The molecule has 22 heavy (non-hydrogen) atoms. The molecule has 0 bridgehead atoms. The number of hydrogen-bond donors (Lipinski definition) is 1. The van der Waals surface area contributed by atoms with Gasteiger partial charge in [-0.1, -0.05) is 12.8 Å². The molecular formula is C17H27NO4. The molecule has 0 spiro atoms. The minimum absolute atomic E-state index is 0.153. The third-order valence-corrected chi connectivity index (χ3v) is 5.72. The molecule has 3 aliphatic rings. The zero-order chi connectivity index (χ0) is 15.5. The molecule has 2 aliphatic heterocycles. The lowest BCUT2D eigenvalue weighted by Crippen LogP contribution is -2.54. The molecule has 4 unspecified atom stereocenters. The highest BCUT2D eigenvalue weighted by molar-refractivity contribution is 5.77. The largest absolute Gasteiger partial charge is 0.481 e. The molecule has 5 nitrogen and oxygen atoms in total. The zero-order valence-corrected chi connectivity index (χ0v) is 13.2. The van der Waals surface area contributed by atoms with Gasteiger partial charge in [0, 0.05) is 25.6 Å².